The molecule has 3 nitrogen and oxygen atoms in total. The molecule has 0 aliphatic carbocycles. The number of hydrogen-bond donors (Lipinski definition) is 2. The quantitative estimate of drug-likeness (QED) is 0.827. The third kappa shape index (κ3) is 4.22. The molecule has 2 unspecified atom stereocenters. The third-order valence-electron chi connectivity index (χ3n) is 3.93. The van der Waals surface area contributed by atoms with Crippen molar-refractivity contribution in [2.24, 2.45) is 0 Å². The molecular weight excluding hydrogens is 236 g/mol. The summed E-state index contributed by atoms with van der Waals surface area (Å²) in [5.74, 6) is 0.927. The molecule has 1 aliphatic rings. The van der Waals surface area contributed by atoms with Crippen molar-refractivity contribution in [1.82, 2.24) is 10.6 Å². The molecule has 0 bridgehead atoms. The lowest BCUT2D eigenvalue weighted by molar-refractivity contribution is 0.401. The van der Waals surface area contributed by atoms with E-state index in [9.17, 15) is 0 Å². The minimum absolute atomic E-state index is 0.353. The molecule has 1 aliphatic heterocycles. The molecule has 2 rings (SSSR count). The minimum Gasteiger partial charge on any atom is -0.497 e. The average molecular weight is 262 g/mol. The molecule has 0 saturated carbocycles. The van der Waals surface area contributed by atoms with Crippen LogP contribution >= 0.6 is 0 Å². The van der Waals surface area contributed by atoms with Crippen LogP contribution in [0.25, 0.3) is 0 Å². The lowest BCUT2D eigenvalue weighted by Gasteiger charge is -2.23. The summed E-state index contributed by atoms with van der Waals surface area (Å²) in [5.41, 5.74) is 1.28. The number of ether oxygens (including phenoxy) is 1. The fourth-order valence-electron chi connectivity index (χ4n) is 2.89. The highest BCUT2D eigenvalue weighted by molar-refractivity contribution is 5.30. The Labute approximate surface area is 116 Å². The minimum atomic E-state index is 0.353. The second-order valence-corrected chi connectivity index (χ2v) is 5.59. The Morgan fingerprint density at radius 3 is 2.95 bits per heavy atom. The Balaban J connectivity index is 1.86. The maximum atomic E-state index is 5.28. The molecule has 1 saturated heterocycles. The van der Waals surface area contributed by atoms with E-state index >= 15 is 0 Å². The van der Waals surface area contributed by atoms with Crippen molar-refractivity contribution in [1.29, 1.82) is 0 Å². The van der Waals surface area contributed by atoms with Gasteiger partial charge in [-0.05, 0) is 57.4 Å². The smallest absolute Gasteiger partial charge is 0.119 e. The summed E-state index contributed by atoms with van der Waals surface area (Å²) in [6, 6.07) is 9.87. The van der Waals surface area contributed by atoms with Crippen molar-refractivity contribution < 1.29 is 4.74 Å². The third-order valence-corrected chi connectivity index (χ3v) is 3.93. The largest absolute Gasteiger partial charge is 0.497 e. The number of nitrogens with one attached hydrogen (secondary N) is 2. The highest BCUT2D eigenvalue weighted by Crippen LogP contribution is 2.20. The van der Waals surface area contributed by atoms with E-state index in [-0.39, 0.29) is 0 Å². The van der Waals surface area contributed by atoms with E-state index in [1.807, 2.05) is 6.07 Å². The highest BCUT2D eigenvalue weighted by atomic mass is 16.5. The van der Waals surface area contributed by atoms with Gasteiger partial charge in [-0.1, -0.05) is 12.1 Å². The summed E-state index contributed by atoms with van der Waals surface area (Å²) in [5, 5.41) is 7.24. The first-order valence-electron chi connectivity index (χ1n) is 7.32. The van der Waals surface area contributed by atoms with Gasteiger partial charge in [0.2, 0.25) is 0 Å². The normalized spacial score (nSPS) is 22.2. The second-order valence-electron chi connectivity index (χ2n) is 5.59. The Hall–Kier alpha value is -1.06. The number of benzene rings is 1. The monoisotopic (exact) mass is 262 g/mol. The first kappa shape index (κ1) is 14.4. The molecule has 19 heavy (non-hydrogen) atoms. The van der Waals surface area contributed by atoms with E-state index in [1.165, 1.54) is 31.4 Å². The average Bonchev–Trinajstić information content (AvgIpc) is 2.91. The van der Waals surface area contributed by atoms with Gasteiger partial charge in [-0.25, -0.2) is 0 Å². The summed E-state index contributed by atoms with van der Waals surface area (Å²) in [6.45, 7) is 5.67. The fraction of sp³-hybridized carbons (Fsp3) is 0.625. The predicted octanol–water partition coefficient (Wildman–Crippen LogP) is 2.88. The van der Waals surface area contributed by atoms with Gasteiger partial charge < -0.3 is 15.4 Å². The van der Waals surface area contributed by atoms with E-state index in [0.717, 1.165) is 5.75 Å². The van der Waals surface area contributed by atoms with Crippen molar-refractivity contribution in [3.63, 3.8) is 0 Å². The maximum Gasteiger partial charge on any atom is 0.119 e. The zero-order valence-electron chi connectivity index (χ0n) is 12.3. The van der Waals surface area contributed by atoms with Crippen molar-refractivity contribution in [2.45, 2.75) is 51.2 Å². The SMILES string of the molecule is COc1cccc([C@H](C)NC(C)CC2CCCN2)c1. The van der Waals surface area contributed by atoms with E-state index in [4.69, 9.17) is 4.74 Å². The van der Waals surface area contributed by atoms with Crippen LogP contribution in [-0.4, -0.2) is 25.7 Å². The van der Waals surface area contributed by atoms with Crippen molar-refractivity contribution >= 4 is 0 Å². The van der Waals surface area contributed by atoms with Crippen LogP contribution in [0.5, 0.6) is 5.75 Å². The van der Waals surface area contributed by atoms with Crippen molar-refractivity contribution in [3.05, 3.63) is 29.8 Å². The van der Waals surface area contributed by atoms with Crippen LogP contribution in [0.2, 0.25) is 0 Å². The molecule has 2 N–H and O–H groups in total. The van der Waals surface area contributed by atoms with Crippen LogP contribution in [0.15, 0.2) is 24.3 Å². The molecule has 0 aromatic heterocycles. The molecule has 1 fully saturated rings. The summed E-state index contributed by atoms with van der Waals surface area (Å²) in [4.78, 5) is 0. The molecule has 0 amide bonds. The van der Waals surface area contributed by atoms with Gasteiger partial charge in [0.05, 0.1) is 7.11 Å². The number of methoxy groups -OCH3 is 1. The van der Waals surface area contributed by atoms with Crippen LogP contribution in [0.4, 0.5) is 0 Å². The first-order valence-corrected chi connectivity index (χ1v) is 7.32. The summed E-state index contributed by atoms with van der Waals surface area (Å²) < 4.78 is 5.28. The highest BCUT2D eigenvalue weighted by Gasteiger charge is 2.18. The topological polar surface area (TPSA) is 33.3 Å². The van der Waals surface area contributed by atoms with Gasteiger partial charge in [-0.15, -0.1) is 0 Å². The Kier molecular flexibility index (Phi) is 5.23. The maximum absolute atomic E-state index is 5.28. The van der Waals surface area contributed by atoms with E-state index < -0.39 is 0 Å². The second kappa shape index (κ2) is 6.92. The van der Waals surface area contributed by atoms with E-state index in [2.05, 4.69) is 42.7 Å². The standard InChI is InChI=1S/C16H26N2O/c1-12(10-15-7-5-9-17-15)18-13(2)14-6-4-8-16(11-14)19-3/h4,6,8,11-13,15,17-18H,5,7,9-10H2,1-3H3/t12?,13-,15?/m0/s1. The van der Waals surface area contributed by atoms with Crippen molar-refractivity contribution in [3.8, 4) is 5.75 Å². The summed E-state index contributed by atoms with van der Waals surface area (Å²) in [6.07, 6.45) is 3.84. The Morgan fingerprint density at radius 1 is 1.42 bits per heavy atom. The van der Waals surface area contributed by atoms with E-state index in [1.54, 1.807) is 7.11 Å². The van der Waals surface area contributed by atoms with Gasteiger partial charge in [0.1, 0.15) is 5.75 Å². The zero-order chi connectivity index (χ0) is 13.7. The molecule has 3 heteroatoms. The Bertz CT molecular complexity index is 388. The van der Waals surface area contributed by atoms with Crippen LogP contribution in [0.1, 0.15) is 44.7 Å². The molecular formula is C16H26N2O. The summed E-state index contributed by atoms with van der Waals surface area (Å²) in [7, 11) is 1.71. The van der Waals surface area contributed by atoms with Gasteiger partial charge in [0, 0.05) is 18.1 Å². The van der Waals surface area contributed by atoms with Crippen LogP contribution < -0.4 is 15.4 Å². The molecule has 1 aromatic rings. The predicted molar refractivity (Wildman–Crippen MR) is 79.6 cm³/mol. The van der Waals surface area contributed by atoms with Crippen molar-refractivity contribution in [2.75, 3.05) is 13.7 Å². The van der Waals surface area contributed by atoms with Crippen LogP contribution in [-0.2, 0) is 0 Å². The molecule has 3 atom stereocenters. The fourth-order valence-corrected chi connectivity index (χ4v) is 2.89. The lowest BCUT2D eigenvalue weighted by Crippen LogP contribution is -2.35. The zero-order valence-corrected chi connectivity index (χ0v) is 12.3. The molecule has 0 radical (unpaired) electrons. The van der Waals surface area contributed by atoms with Gasteiger partial charge in [-0.3, -0.25) is 0 Å². The van der Waals surface area contributed by atoms with Gasteiger partial charge in [0.25, 0.3) is 0 Å². The van der Waals surface area contributed by atoms with Gasteiger partial charge in [-0.2, -0.15) is 0 Å². The molecule has 1 aromatic carbocycles. The van der Waals surface area contributed by atoms with Crippen LogP contribution in [0.3, 0.4) is 0 Å². The van der Waals surface area contributed by atoms with Crippen LogP contribution in [0, 0.1) is 0 Å². The molecule has 106 valence electrons. The Morgan fingerprint density at radius 2 is 2.26 bits per heavy atom. The van der Waals surface area contributed by atoms with Gasteiger partial charge in [0.15, 0.2) is 0 Å². The first-order chi connectivity index (χ1) is 9.19. The number of hydrogen-bond acceptors (Lipinski definition) is 3. The lowest BCUT2D eigenvalue weighted by atomic mass is 10.0. The number of rotatable bonds is 6. The molecule has 1 heterocycles. The van der Waals surface area contributed by atoms with E-state index in [0.29, 0.717) is 18.1 Å². The molecule has 0 spiro atoms. The summed E-state index contributed by atoms with van der Waals surface area (Å²) >= 11 is 0. The van der Waals surface area contributed by atoms with Gasteiger partial charge >= 0.3 is 0 Å².